The minimum atomic E-state index is -1.05. The summed E-state index contributed by atoms with van der Waals surface area (Å²) in [6.07, 6.45) is 6.34. The summed E-state index contributed by atoms with van der Waals surface area (Å²) in [6, 6.07) is 35.1. The lowest BCUT2D eigenvalue weighted by Gasteiger charge is -2.07. The monoisotopic (exact) mass is 736 g/mol. The van der Waals surface area contributed by atoms with E-state index in [2.05, 4.69) is 0 Å². The van der Waals surface area contributed by atoms with Crippen LogP contribution in [0, 0.1) is 11.6 Å². The molecule has 0 aliphatic heterocycles. The predicted molar refractivity (Wildman–Crippen MR) is 199 cm³/mol. The van der Waals surface area contributed by atoms with Gasteiger partial charge in [0.25, 0.3) is 0 Å². The van der Waals surface area contributed by atoms with Crippen LogP contribution in [-0.2, 0) is 38.5 Å². The molecule has 0 saturated carbocycles. The Balaban J connectivity index is 0.000000208. The van der Waals surface area contributed by atoms with Gasteiger partial charge in [0, 0.05) is 25.7 Å². The molecular weight excluding hydrogens is 694 g/mol. The summed E-state index contributed by atoms with van der Waals surface area (Å²) in [6.45, 7) is 1.07. The predicted octanol–water partition coefficient (Wildman–Crippen LogP) is 9.83. The van der Waals surface area contributed by atoms with Crippen LogP contribution in [0.2, 0.25) is 0 Å². The number of benzene rings is 4. The Morgan fingerprint density at radius 1 is 0.444 bits per heavy atom. The molecule has 6 aromatic rings. The number of aryl methyl sites for hydroxylation is 4. The van der Waals surface area contributed by atoms with Crippen molar-refractivity contribution in [3.8, 4) is 11.5 Å². The number of carboxylic acid groups (broad SMARTS) is 2. The summed E-state index contributed by atoms with van der Waals surface area (Å²) in [5.74, 6) is 0.387. The van der Waals surface area contributed by atoms with Crippen molar-refractivity contribution < 1.29 is 46.9 Å². The molecule has 2 heterocycles. The lowest BCUT2D eigenvalue weighted by molar-refractivity contribution is 0.0650. The van der Waals surface area contributed by atoms with Crippen LogP contribution in [0.1, 0.15) is 67.7 Å². The third-order valence-corrected chi connectivity index (χ3v) is 8.51. The summed E-state index contributed by atoms with van der Waals surface area (Å²) in [5, 5.41) is 17.7. The number of furan rings is 2. The van der Waals surface area contributed by atoms with E-state index in [4.69, 9.17) is 28.5 Å². The van der Waals surface area contributed by atoms with Gasteiger partial charge in [0.2, 0.25) is 11.5 Å². The largest absolute Gasteiger partial charge is 0.493 e. The molecule has 2 N–H and O–H groups in total. The van der Waals surface area contributed by atoms with Crippen molar-refractivity contribution in [2.75, 3.05) is 13.2 Å². The molecule has 0 unspecified atom stereocenters. The third kappa shape index (κ3) is 13.1. The number of hydrogen-bond acceptors (Lipinski definition) is 6. The highest BCUT2D eigenvalue weighted by Gasteiger charge is 2.10. The van der Waals surface area contributed by atoms with E-state index in [1.54, 1.807) is 36.4 Å². The highest BCUT2D eigenvalue weighted by molar-refractivity contribution is 5.84. The molecule has 0 fully saturated rings. The molecule has 10 heteroatoms. The maximum atomic E-state index is 12.9. The summed E-state index contributed by atoms with van der Waals surface area (Å²) in [5.41, 5.74) is 4.45. The minimum Gasteiger partial charge on any atom is -0.493 e. The molecule has 0 aliphatic rings. The number of carbonyl (C=O) groups is 2. The van der Waals surface area contributed by atoms with Crippen molar-refractivity contribution in [2.45, 2.75) is 51.4 Å². The van der Waals surface area contributed by atoms with Crippen LogP contribution in [-0.4, -0.2) is 35.4 Å². The Bertz CT molecular complexity index is 1880. The molecule has 6 rings (SSSR count). The SMILES string of the molecule is O=C(O)c1ccc(CCCc2ccc(OCCc3ccc(F)cc3)cc2)o1.O=C(O)c1ccc(CCCc2ccc(OCCc3ccc(F)cc3)cc2)o1. The molecule has 0 spiro atoms. The minimum absolute atomic E-state index is 0.0212. The van der Waals surface area contributed by atoms with Gasteiger partial charge in [-0.15, -0.1) is 0 Å². The molecule has 0 bridgehead atoms. The highest BCUT2D eigenvalue weighted by Crippen LogP contribution is 2.18. The Labute approximate surface area is 312 Å². The number of rotatable bonds is 18. The van der Waals surface area contributed by atoms with Crippen LogP contribution < -0.4 is 9.47 Å². The van der Waals surface area contributed by atoms with Crippen molar-refractivity contribution >= 4 is 11.9 Å². The average molecular weight is 737 g/mol. The molecule has 280 valence electrons. The van der Waals surface area contributed by atoms with Crippen molar-refractivity contribution in [1.82, 2.24) is 0 Å². The summed E-state index contributed by atoms with van der Waals surface area (Å²) in [7, 11) is 0. The molecule has 0 atom stereocenters. The molecular formula is C44H42F2O8. The topological polar surface area (TPSA) is 119 Å². The lowest BCUT2D eigenvalue weighted by atomic mass is 10.1. The second-order valence-corrected chi connectivity index (χ2v) is 12.6. The molecule has 0 aliphatic carbocycles. The maximum Gasteiger partial charge on any atom is 0.371 e. The zero-order valence-electron chi connectivity index (χ0n) is 29.7. The molecule has 0 radical (unpaired) electrons. The molecule has 0 saturated heterocycles. The molecule has 4 aromatic carbocycles. The van der Waals surface area contributed by atoms with E-state index in [1.807, 2.05) is 48.5 Å². The second kappa shape index (κ2) is 20.2. The van der Waals surface area contributed by atoms with Crippen LogP contribution in [0.5, 0.6) is 11.5 Å². The fourth-order valence-corrected chi connectivity index (χ4v) is 5.57. The molecule has 2 aromatic heterocycles. The maximum absolute atomic E-state index is 12.9. The van der Waals surface area contributed by atoms with Gasteiger partial charge in [-0.3, -0.25) is 0 Å². The number of hydrogen-bond donors (Lipinski definition) is 2. The Morgan fingerprint density at radius 2 is 0.778 bits per heavy atom. The molecule has 54 heavy (non-hydrogen) atoms. The zero-order valence-corrected chi connectivity index (χ0v) is 29.7. The highest BCUT2D eigenvalue weighted by atomic mass is 19.1. The number of halogens is 2. The first-order valence-electron chi connectivity index (χ1n) is 17.8. The number of ether oxygens (including phenoxy) is 2. The normalized spacial score (nSPS) is 10.7. The Hall–Kier alpha value is -6.16. The van der Waals surface area contributed by atoms with E-state index < -0.39 is 11.9 Å². The first-order chi connectivity index (χ1) is 26.2. The van der Waals surface area contributed by atoms with E-state index in [0.717, 1.165) is 61.2 Å². The van der Waals surface area contributed by atoms with Crippen molar-refractivity contribution in [3.63, 3.8) is 0 Å². The molecule has 8 nitrogen and oxygen atoms in total. The standard InChI is InChI=1S/2C22H21FO4/c2*23-18-8-4-17(5-9-18)14-15-26-19-10-6-16(7-11-19)2-1-3-20-12-13-21(27-20)22(24)25/h2*4-13H,1-3,14-15H2,(H,24,25). The lowest BCUT2D eigenvalue weighted by Crippen LogP contribution is -2.01. The van der Waals surface area contributed by atoms with Gasteiger partial charge in [-0.2, -0.15) is 0 Å². The van der Waals surface area contributed by atoms with Crippen LogP contribution in [0.4, 0.5) is 8.78 Å². The van der Waals surface area contributed by atoms with Crippen molar-refractivity contribution in [2.24, 2.45) is 0 Å². The summed E-state index contributed by atoms with van der Waals surface area (Å²) >= 11 is 0. The number of carboxylic acids is 2. The Morgan fingerprint density at radius 3 is 1.11 bits per heavy atom. The van der Waals surface area contributed by atoms with Gasteiger partial charge < -0.3 is 28.5 Å². The van der Waals surface area contributed by atoms with Gasteiger partial charge in [-0.25, -0.2) is 18.4 Å². The fourth-order valence-electron chi connectivity index (χ4n) is 5.57. The van der Waals surface area contributed by atoms with Gasteiger partial charge in [0.1, 0.15) is 34.7 Å². The fraction of sp³-hybridized carbons (Fsp3) is 0.227. The second-order valence-electron chi connectivity index (χ2n) is 12.6. The van der Waals surface area contributed by atoms with Gasteiger partial charge in [-0.05, 0) is 121 Å². The van der Waals surface area contributed by atoms with E-state index in [0.29, 0.717) is 37.6 Å². The average Bonchev–Trinajstić information content (AvgIpc) is 3.86. The quantitative estimate of drug-likeness (QED) is 0.0895. The first-order valence-corrected chi connectivity index (χ1v) is 17.8. The molecule has 0 amide bonds. The van der Waals surface area contributed by atoms with Crippen LogP contribution in [0.15, 0.2) is 130 Å². The van der Waals surface area contributed by atoms with Crippen LogP contribution in [0.25, 0.3) is 0 Å². The van der Waals surface area contributed by atoms with Gasteiger partial charge in [0.05, 0.1) is 13.2 Å². The first kappa shape index (κ1) is 39.1. The van der Waals surface area contributed by atoms with Gasteiger partial charge in [-0.1, -0.05) is 48.5 Å². The zero-order chi connectivity index (χ0) is 38.1. The van der Waals surface area contributed by atoms with E-state index >= 15 is 0 Å². The third-order valence-electron chi connectivity index (χ3n) is 8.51. The van der Waals surface area contributed by atoms with Crippen molar-refractivity contribution in [3.05, 3.63) is 178 Å². The van der Waals surface area contributed by atoms with Crippen molar-refractivity contribution in [1.29, 1.82) is 0 Å². The summed E-state index contributed by atoms with van der Waals surface area (Å²) in [4.78, 5) is 21.6. The van der Waals surface area contributed by atoms with Crippen LogP contribution >= 0.6 is 0 Å². The van der Waals surface area contributed by atoms with Gasteiger partial charge in [0.15, 0.2) is 0 Å². The number of aromatic carboxylic acids is 2. The summed E-state index contributed by atoms with van der Waals surface area (Å²) < 4.78 is 47.7. The van der Waals surface area contributed by atoms with E-state index in [9.17, 15) is 18.4 Å². The van der Waals surface area contributed by atoms with E-state index in [1.165, 1.54) is 47.5 Å². The smallest absolute Gasteiger partial charge is 0.371 e. The van der Waals surface area contributed by atoms with Crippen LogP contribution in [0.3, 0.4) is 0 Å². The van der Waals surface area contributed by atoms with E-state index in [-0.39, 0.29) is 23.2 Å². The van der Waals surface area contributed by atoms with Gasteiger partial charge >= 0.3 is 11.9 Å². The Kier molecular flexibility index (Phi) is 14.6.